The van der Waals surface area contributed by atoms with Crippen molar-refractivity contribution in [3.8, 4) is 5.75 Å². The van der Waals surface area contributed by atoms with Gasteiger partial charge in [-0.05, 0) is 13.0 Å². The van der Waals surface area contributed by atoms with Gasteiger partial charge in [-0.15, -0.1) is 0 Å². The molecule has 0 bridgehead atoms. The lowest BCUT2D eigenvalue weighted by Gasteiger charge is -2.02. The van der Waals surface area contributed by atoms with E-state index in [0.29, 0.717) is 10.9 Å². The summed E-state index contributed by atoms with van der Waals surface area (Å²) in [6.07, 6.45) is 0. The van der Waals surface area contributed by atoms with E-state index in [1.807, 2.05) is 0 Å². The van der Waals surface area contributed by atoms with Crippen LogP contribution in [0.25, 0.3) is 11.0 Å². The number of nitro groups is 1. The van der Waals surface area contributed by atoms with Crippen LogP contribution in [0.1, 0.15) is 16.1 Å². The van der Waals surface area contributed by atoms with Crippen LogP contribution >= 0.6 is 0 Å². The van der Waals surface area contributed by atoms with Crippen LogP contribution in [0.3, 0.4) is 0 Å². The highest BCUT2D eigenvalue weighted by molar-refractivity contribution is 5.99. The fraction of sp³-hybridized carbons (Fsp3) is 0.182. The number of carbonyl (C=O) groups is 1. The smallest absolute Gasteiger partial charge is 0.372 e. The first-order chi connectivity index (χ1) is 8.47. The number of ether oxygens (including phenoxy) is 1. The second kappa shape index (κ2) is 4.02. The molecule has 1 heterocycles. The molecule has 1 aromatic heterocycles. The Labute approximate surface area is 101 Å². The molecular formula is C11H9NO6. The maximum atomic E-state index is 10.9. The topological polar surface area (TPSA) is 103 Å². The monoisotopic (exact) mass is 251 g/mol. The SMILES string of the molecule is COc1c([N+](=O)[O-])ccc2oc(C(=O)O)c(C)c12. The van der Waals surface area contributed by atoms with Crippen molar-refractivity contribution < 1.29 is 24.0 Å². The number of aryl methyl sites for hydroxylation is 1. The fourth-order valence-electron chi connectivity index (χ4n) is 1.85. The van der Waals surface area contributed by atoms with Crippen LogP contribution in [0.15, 0.2) is 16.5 Å². The lowest BCUT2D eigenvalue weighted by atomic mass is 10.1. The van der Waals surface area contributed by atoms with Gasteiger partial charge >= 0.3 is 11.7 Å². The molecule has 2 rings (SSSR count). The molecule has 0 amide bonds. The minimum absolute atomic E-state index is 0.00579. The second-order valence-electron chi connectivity index (χ2n) is 3.61. The number of hydrogen-bond donors (Lipinski definition) is 1. The van der Waals surface area contributed by atoms with Gasteiger partial charge in [0.2, 0.25) is 11.5 Å². The first-order valence-electron chi connectivity index (χ1n) is 4.95. The molecule has 7 heteroatoms. The van der Waals surface area contributed by atoms with E-state index in [-0.39, 0.29) is 22.8 Å². The highest BCUT2D eigenvalue weighted by Crippen LogP contribution is 2.39. The van der Waals surface area contributed by atoms with E-state index in [1.54, 1.807) is 0 Å². The maximum Gasteiger partial charge on any atom is 0.372 e. The molecule has 1 aromatic carbocycles. The Bertz CT molecular complexity index is 657. The van der Waals surface area contributed by atoms with E-state index in [4.69, 9.17) is 14.3 Å². The van der Waals surface area contributed by atoms with Crippen molar-refractivity contribution in [2.24, 2.45) is 0 Å². The zero-order chi connectivity index (χ0) is 13.4. The highest BCUT2D eigenvalue weighted by Gasteiger charge is 2.25. The molecule has 94 valence electrons. The summed E-state index contributed by atoms with van der Waals surface area (Å²) in [5.74, 6) is -1.47. The minimum Gasteiger partial charge on any atom is -0.490 e. The number of furan rings is 1. The molecule has 7 nitrogen and oxygen atoms in total. The van der Waals surface area contributed by atoms with Crippen LogP contribution in [0.2, 0.25) is 0 Å². The van der Waals surface area contributed by atoms with Crippen molar-refractivity contribution in [3.63, 3.8) is 0 Å². The number of carboxylic acids is 1. The molecule has 0 spiro atoms. The number of fused-ring (bicyclic) bond motifs is 1. The number of methoxy groups -OCH3 is 1. The normalized spacial score (nSPS) is 10.6. The third kappa shape index (κ3) is 1.56. The number of benzene rings is 1. The van der Waals surface area contributed by atoms with Gasteiger partial charge < -0.3 is 14.3 Å². The molecule has 0 aliphatic rings. The standard InChI is InChI=1S/C11H9NO6/c1-5-8-7(18-9(5)11(13)14)4-3-6(12(15)16)10(8)17-2/h3-4H,1-2H3,(H,13,14). The van der Waals surface area contributed by atoms with Crippen LogP contribution in [-0.4, -0.2) is 23.1 Å². The van der Waals surface area contributed by atoms with Crippen LogP contribution < -0.4 is 4.74 Å². The van der Waals surface area contributed by atoms with E-state index in [0.717, 1.165) is 0 Å². The Hall–Kier alpha value is -2.57. The highest BCUT2D eigenvalue weighted by atomic mass is 16.6. The zero-order valence-electron chi connectivity index (χ0n) is 9.59. The summed E-state index contributed by atoms with van der Waals surface area (Å²) in [5.41, 5.74) is 0.316. The number of rotatable bonds is 3. The average Bonchev–Trinajstić information content (AvgIpc) is 2.65. The van der Waals surface area contributed by atoms with Crippen molar-refractivity contribution in [2.45, 2.75) is 6.92 Å². The Morgan fingerprint density at radius 1 is 1.50 bits per heavy atom. The van der Waals surface area contributed by atoms with Crippen molar-refractivity contribution in [2.75, 3.05) is 7.11 Å². The van der Waals surface area contributed by atoms with Crippen molar-refractivity contribution in [3.05, 3.63) is 33.6 Å². The largest absolute Gasteiger partial charge is 0.490 e. The first kappa shape index (κ1) is 11.9. The maximum absolute atomic E-state index is 10.9. The number of aromatic carboxylic acids is 1. The van der Waals surface area contributed by atoms with Gasteiger partial charge in [-0.1, -0.05) is 0 Å². The lowest BCUT2D eigenvalue weighted by molar-refractivity contribution is -0.385. The van der Waals surface area contributed by atoms with Crippen LogP contribution in [0, 0.1) is 17.0 Å². The average molecular weight is 251 g/mol. The van der Waals surface area contributed by atoms with Gasteiger partial charge in [0.15, 0.2) is 0 Å². The Kier molecular flexibility index (Phi) is 2.66. The summed E-state index contributed by atoms with van der Waals surface area (Å²) < 4.78 is 10.1. The predicted molar refractivity (Wildman–Crippen MR) is 61.1 cm³/mol. The van der Waals surface area contributed by atoms with Crippen molar-refractivity contribution >= 4 is 22.6 Å². The summed E-state index contributed by atoms with van der Waals surface area (Å²) in [7, 11) is 1.29. The van der Waals surface area contributed by atoms with E-state index in [1.165, 1.54) is 26.2 Å². The molecule has 0 fully saturated rings. The van der Waals surface area contributed by atoms with Gasteiger partial charge in [-0.2, -0.15) is 0 Å². The molecule has 0 radical (unpaired) electrons. The second-order valence-corrected chi connectivity index (χ2v) is 3.61. The van der Waals surface area contributed by atoms with Crippen molar-refractivity contribution in [1.29, 1.82) is 0 Å². The summed E-state index contributed by atoms with van der Waals surface area (Å²) in [6.45, 7) is 1.52. The summed E-state index contributed by atoms with van der Waals surface area (Å²) >= 11 is 0. The molecule has 0 atom stereocenters. The van der Waals surface area contributed by atoms with Gasteiger partial charge in [0.1, 0.15) is 5.58 Å². The van der Waals surface area contributed by atoms with E-state index < -0.39 is 10.9 Å². The molecular weight excluding hydrogens is 242 g/mol. The van der Waals surface area contributed by atoms with Gasteiger partial charge in [0.25, 0.3) is 0 Å². The number of hydrogen-bond acceptors (Lipinski definition) is 5. The number of nitrogens with zero attached hydrogens (tertiary/aromatic N) is 1. The third-order valence-corrected chi connectivity index (χ3v) is 2.62. The molecule has 18 heavy (non-hydrogen) atoms. The lowest BCUT2D eigenvalue weighted by Crippen LogP contribution is -1.96. The summed E-state index contributed by atoms with van der Waals surface area (Å²) in [6, 6.07) is 2.57. The number of carboxylic acid groups (broad SMARTS) is 1. The molecule has 0 saturated heterocycles. The summed E-state index contributed by atoms with van der Waals surface area (Å²) in [4.78, 5) is 21.2. The Morgan fingerprint density at radius 3 is 2.67 bits per heavy atom. The Morgan fingerprint density at radius 2 is 2.17 bits per heavy atom. The van der Waals surface area contributed by atoms with Gasteiger partial charge in [0.05, 0.1) is 17.4 Å². The Balaban J connectivity index is 2.88. The van der Waals surface area contributed by atoms with Gasteiger partial charge in [-0.3, -0.25) is 10.1 Å². The molecule has 2 aromatic rings. The summed E-state index contributed by atoms with van der Waals surface area (Å²) in [5, 5.41) is 20.1. The van der Waals surface area contributed by atoms with E-state index >= 15 is 0 Å². The molecule has 0 unspecified atom stereocenters. The fourth-order valence-corrected chi connectivity index (χ4v) is 1.85. The third-order valence-electron chi connectivity index (χ3n) is 2.62. The molecule has 0 saturated carbocycles. The molecule has 1 N–H and O–H groups in total. The van der Waals surface area contributed by atoms with Crippen LogP contribution in [-0.2, 0) is 0 Å². The van der Waals surface area contributed by atoms with E-state index in [2.05, 4.69) is 0 Å². The van der Waals surface area contributed by atoms with Crippen LogP contribution in [0.4, 0.5) is 5.69 Å². The van der Waals surface area contributed by atoms with Crippen molar-refractivity contribution in [1.82, 2.24) is 0 Å². The predicted octanol–water partition coefficient (Wildman–Crippen LogP) is 2.36. The van der Waals surface area contributed by atoms with Crippen LogP contribution in [0.5, 0.6) is 5.75 Å². The quantitative estimate of drug-likeness (QED) is 0.663. The number of nitro benzene ring substituents is 1. The first-order valence-corrected chi connectivity index (χ1v) is 4.95. The minimum atomic E-state index is -1.23. The van der Waals surface area contributed by atoms with E-state index in [9.17, 15) is 14.9 Å². The van der Waals surface area contributed by atoms with Gasteiger partial charge in [-0.25, -0.2) is 4.79 Å². The zero-order valence-corrected chi connectivity index (χ0v) is 9.59. The molecule has 0 aliphatic heterocycles. The molecule has 0 aliphatic carbocycles. The van der Waals surface area contributed by atoms with Gasteiger partial charge in [0, 0.05) is 11.6 Å².